The molecule has 36 heavy (non-hydrogen) atoms. The lowest BCUT2D eigenvalue weighted by Crippen LogP contribution is -2.33. The minimum atomic E-state index is -4.48. The summed E-state index contributed by atoms with van der Waals surface area (Å²) in [7, 11) is 0. The number of fused-ring (bicyclic) bond motifs is 1. The van der Waals surface area contributed by atoms with Crippen LogP contribution in [0.2, 0.25) is 0 Å². The van der Waals surface area contributed by atoms with E-state index in [1.807, 2.05) is 23.9 Å². The molecule has 0 aliphatic carbocycles. The van der Waals surface area contributed by atoms with E-state index in [2.05, 4.69) is 20.2 Å². The summed E-state index contributed by atoms with van der Waals surface area (Å²) in [6.45, 7) is 3.23. The SMILES string of the molecule is O=C(Nc1cccc(C(F)(F)F)c1)N1CCc2cc(Oc3cc(CN4CCSCC4)ncn3)ccc21. The molecule has 5 rings (SSSR count). The van der Waals surface area contributed by atoms with E-state index in [1.54, 1.807) is 12.1 Å². The number of nitrogens with one attached hydrogen (secondary N) is 1. The van der Waals surface area contributed by atoms with Gasteiger partial charge < -0.3 is 10.1 Å². The van der Waals surface area contributed by atoms with E-state index in [1.165, 1.54) is 23.4 Å². The predicted octanol–water partition coefficient (Wildman–Crippen LogP) is 5.43. The zero-order valence-corrected chi connectivity index (χ0v) is 20.1. The van der Waals surface area contributed by atoms with E-state index >= 15 is 0 Å². The fourth-order valence-electron chi connectivity index (χ4n) is 4.25. The maximum Gasteiger partial charge on any atom is 0.416 e. The monoisotopic (exact) mass is 515 g/mol. The van der Waals surface area contributed by atoms with Crippen LogP contribution in [0.25, 0.3) is 0 Å². The highest BCUT2D eigenvalue weighted by Gasteiger charge is 2.31. The van der Waals surface area contributed by atoms with Crippen molar-refractivity contribution in [1.29, 1.82) is 0 Å². The lowest BCUT2D eigenvalue weighted by atomic mass is 10.1. The average Bonchev–Trinajstić information content (AvgIpc) is 3.28. The van der Waals surface area contributed by atoms with Crippen molar-refractivity contribution in [2.24, 2.45) is 0 Å². The Labute approximate surface area is 210 Å². The number of amides is 2. The highest BCUT2D eigenvalue weighted by atomic mass is 32.2. The smallest absolute Gasteiger partial charge is 0.416 e. The molecule has 0 bridgehead atoms. The van der Waals surface area contributed by atoms with Gasteiger partial charge in [0.2, 0.25) is 5.88 Å². The summed E-state index contributed by atoms with van der Waals surface area (Å²) in [5, 5.41) is 2.56. The molecule has 0 radical (unpaired) electrons. The second-order valence-corrected chi connectivity index (χ2v) is 9.76. The Hall–Kier alpha value is -3.31. The zero-order chi connectivity index (χ0) is 25.1. The number of alkyl halides is 3. The Balaban J connectivity index is 1.24. The first-order valence-electron chi connectivity index (χ1n) is 11.5. The molecule has 3 heterocycles. The summed E-state index contributed by atoms with van der Waals surface area (Å²) in [4.78, 5) is 25.3. The number of urea groups is 1. The number of ether oxygens (including phenoxy) is 1. The zero-order valence-electron chi connectivity index (χ0n) is 19.3. The first-order valence-corrected chi connectivity index (χ1v) is 12.7. The highest BCUT2D eigenvalue weighted by molar-refractivity contribution is 7.99. The van der Waals surface area contributed by atoms with Crippen molar-refractivity contribution >= 4 is 29.2 Å². The van der Waals surface area contributed by atoms with E-state index in [-0.39, 0.29) is 5.69 Å². The van der Waals surface area contributed by atoms with Gasteiger partial charge in [0, 0.05) is 55.1 Å². The van der Waals surface area contributed by atoms with Crippen molar-refractivity contribution in [3.05, 3.63) is 71.7 Å². The number of aromatic nitrogens is 2. The number of anilines is 2. The van der Waals surface area contributed by atoms with Crippen LogP contribution in [0.1, 0.15) is 16.8 Å². The van der Waals surface area contributed by atoms with Crippen LogP contribution in [-0.2, 0) is 19.1 Å². The van der Waals surface area contributed by atoms with Gasteiger partial charge >= 0.3 is 12.2 Å². The molecule has 1 N–H and O–H groups in total. The van der Waals surface area contributed by atoms with Gasteiger partial charge in [0.15, 0.2) is 0 Å². The molecule has 2 aliphatic rings. The second-order valence-electron chi connectivity index (χ2n) is 8.54. The predicted molar refractivity (Wildman–Crippen MR) is 133 cm³/mol. The van der Waals surface area contributed by atoms with Crippen molar-refractivity contribution in [1.82, 2.24) is 14.9 Å². The molecular formula is C25H24F3N5O2S. The van der Waals surface area contributed by atoms with E-state index in [0.717, 1.165) is 54.5 Å². The molecule has 3 aromatic rings. The van der Waals surface area contributed by atoms with Crippen molar-refractivity contribution in [3.8, 4) is 11.6 Å². The number of rotatable bonds is 5. The summed E-state index contributed by atoms with van der Waals surface area (Å²) in [6.07, 6.45) is -2.38. The van der Waals surface area contributed by atoms with Gasteiger partial charge in [-0.05, 0) is 48.4 Å². The number of hydrogen-bond donors (Lipinski definition) is 1. The Morgan fingerprint density at radius 2 is 1.89 bits per heavy atom. The van der Waals surface area contributed by atoms with Gasteiger partial charge in [0.25, 0.3) is 0 Å². The quantitative estimate of drug-likeness (QED) is 0.489. The average molecular weight is 516 g/mol. The Kier molecular flexibility index (Phi) is 7.01. The van der Waals surface area contributed by atoms with Crippen molar-refractivity contribution in [2.45, 2.75) is 19.1 Å². The highest BCUT2D eigenvalue weighted by Crippen LogP contribution is 2.34. The largest absolute Gasteiger partial charge is 0.439 e. The first-order chi connectivity index (χ1) is 17.3. The maximum absolute atomic E-state index is 13.0. The number of carbonyl (C=O) groups excluding carboxylic acids is 1. The number of thioether (sulfide) groups is 1. The summed E-state index contributed by atoms with van der Waals surface area (Å²) in [6, 6.07) is 11.3. The molecule has 7 nitrogen and oxygen atoms in total. The van der Waals surface area contributed by atoms with Gasteiger partial charge in [-0.25, -0.2) is 14.8 Å². The molecule has 11 heteroatoms. The molecule has 188 valence electrons. The Morgan fingerprint density at radius 1 is 1.06 bits per heavy atom. The molecule has 2 amide bonds. The van der Waals surface area contributed by atoms with Crippen LogP contribution < -0.4 is 15.0 Å². The van der Waals surface area contributed by atoms with Gasteiger partial charge in [0.05, 0.1) is 11.3 Å². The third kappa shape index (κ3) is 5.73. The number of hydrogen-bond acceptors (Lipinski definition) is 6. The molecule has 1 aromatic heterocycles. The maximum atomic E-state index is 13.0. The molecule has 2 aliphatic heterocycles. The molecule has 0 unspecified atom stereocenters. The van der Waals surface area contributed by atoms with Crippen molar-refractivity contribution < 1.29 is 22.7 Å². The van der Waals surface area contributed by atoms with E-state index in [9.17, 15) is 18.0 Å². The molecule has 0 spiro atoms. The summed E-state index contributed by atoms with van der Waals surface area (Å²) < 4.78 is 44.9. The van der Waals surface area contributed by atoms with E-state index in [0.29, 0.717) is 30.3 Å². The number of benzene rings is 2. The third-order valence-corrected chi connectivity index (χ3v) is 6.99. The topological polar surface area (TPSA) is 70.6 Å². The van der Waals surface area contributed by atoms with Crippen LogP contribution in [0.4, 0.5) is 29.3 Å². The van der Waals surface area contributed by atoms with Gasteiger partial charge in [-0.2, -0.15) is 24.9 Å². The minimum absolute atomic E-state index is 0.0890. The van der Waals surface area contributed by atoms with Crippen molar-refractivity contribution in [2.75, 3.05) is 41.4 Å². The fourth-order valence-corrected chi connectivity index (χ4v) is 5.22. The van der Waals surface area contributed by atoms with Crippen molar-refractivity contribution in [3.63, 3.8) is 0 Å². The number of nitrogens with zero attached hydrogens (tertiary/aromatic N) is 4. The lowest BCUT2D eigenvalue weighted by molar-refractivity contribution is -0.137. The molecule has 0 saturated carbocycles. The normalized spacial score (nSPS) is 16.0. The lowest BCUT2D eigenvalue weighted by Gasteiger charge is -2.25. The van der Waals surface area contributed by atoms with Gasteiger partial charge in [-0.3, -0.25) is 9.80 Å². The van der Waals surface area contributed by atoms with Crippen LogP contribution in [0.15, 0.2) is 54.9 Å². The molecular weight excluding hydrogens is 491 g/mol. The summed E-state index contributed by atoms with van der Waals surface area (Å²) in [5.41, 5.74) is 1.77. The number of halogens is 3. The minimum Gasteiger partial charge on any atom is -0.439 e. The van der Waals surface area contributed by atoms with Crippen LogP contribution in [-0.4, -0.2) is 52.0 Å². The van der Waals surface area contributed by atoms with Gasteiger partial charge in [0.1, 0.15) is 12.1 Å². The molecule has 2 aromatic carbocycles. The Bertz CT molecular complexity index is 1250. The third-order valence-electron chi connectivity index (χ3n) is 6.04. The molecule has 0 atom stereocenters. The van der Waals surface area contributed by atoms with Gasteiger partial charge in [-0.1, -0.05) is 6.07 Å². The van der Waals surface area contributed by atoms with E-state index in [4.69, 9.17) is 4.74 Å². The first kappa shape index (κ1) is 24.4. The number of carbonyl (C=O) groups is 1. The summed E-state index contributed by atoms with van der Waals surface area (Å²) in [5.74, 6) is 3.29. The van der Waals surface area contributed by atoms with Crippen LogP contribution in [0, 0.1) is 0 Å². The molecule has 1 saturated heterocycles. The van der Waals surface area contributed by atoms with Crippen LogP contribution >= 0.6 is 11.8 Å². The Morgan fingerprint density at radius 3 is 2.69 bits per heavy atom. The standard InChI is InChI=1S/C25H24F3N5O2S/c26-25(27,28)18-2-1-3-19(13-18)31-24(34)33-7-6-17-12-21(4-5-22(17)33)35-23-14-20(29-16-30-23)15-32-8-10-36-11-9-32/h1-5,12-14,16H,6-11,15H2,(H,31,34). The van der Waals surface area contributed by atoms with Crippen LogP contribution in [0.3, 0.4) is 0 Å². The van der Waals surface area contributed by atoms with E-state index < -0.39 is 17.8 Å². The van der Waals surface area contributed by atoms with Crippen LogP contribution in [0.5, 0.6) is 11.6 Å². The second kappa shape index (κ2) is 10.4. The molecule has 1 fully saturated rings. The van der Waals surface area contributed by atoms with Gasteiger partial charge in [-0.15, -0.1) is 0 Å². The fraction of sp³-hybridized carbons (Fsp3) is 0.320. The summed E-state index contributed by atoms with van der Waals surface area (Å²) >= 11 is 1.96.